The number of halogens is 1. The quantitative estimate of drug-likeness (QED) is 0.429. The Morgan fingerprint density at radius 1 is 0.931 bits per heavy atom. The summed E-state index contributed by atoms with van der Waals surface area (Å²) < 4.78 is 21.9. The van der Waals surface area contributed by atoms with Crippen molar-refractivity contribution in [3.63, 3.8) is 0 Å². The minimum atomic E-state index is 0.0715. The Morgan fingerprint density at radius 3 is 2.28 bits per heavy atom. The van der Waals surface area contributed by atoms with E-state index >= 15 is 0 Å². The van der Waals surface area contributed by atoms with Crippen LogP contribution in [0.5, 0.6) is 23.5 Å². The fourth-order valence-corrected chi connectivity index (χ4v) is 2.92. The molecular formula is C21H16ClN3O4. The van der Waals surface area contributed by atoms with Gasteiger partial charge in [-0.2, -0.15) is 9.97 Å². The van der Waals surface area contributed by atoms with Crippen molar-refractivity contribution in [3.8, 4) is 46.1 Å². The number of hydrogen-bond donors (Lipinski definition) is 0. The van der Waals surface area contributed by atoms with Gasteiger partial charge in [-0.05, 0) is 29.3 Å². The van der Waals surface area contributed by atoms with Crippen LogP contribution in [-0.2, 0) is 0 Å². The van der Waals surface area contributed by atoms with Gasteiger partial charge in [0, 0.05) is 5.02 Å². The van der Waals surface area contributed by atoms with Crippen LogP contribution in [-0.4, -0.2) is 29.2 Å². The van der Waals surface area contributed by atoms with Crippen molar-refractivity contribution in [2.24, 2.45) is 0 Å². The van der Waals surface area contributed by atoms with Crippen molar-refractivity contribution in [3.05, 3.63) is 66.0 Å². The second-order valence-corrected chi connectivity index (χ2v) is 6.30. The van der Waals surface area contributed by atoms with Crippen molar-refractivity contribution in [1.82, 2.24) is 15.0 Å². The van der Waals surface area contributed by atoms with E-state index < -0.39 is 0 Å². The number of rotatable bonds is 6. The molecule has 0 bridgehead atoms. The van der Waals surface area contributed by atoms with E-state index in [0.717, 1.165) is 11.1 Å². The molecule has 0 spiro atoms. The molecule has 0 saturated carbocycles. The topological polar surface area (TPSA) is 79.5 Å². The highest BCUT2D eigenvalue weighted by Crippen LogP contribution is 2.40. The number of benzene rings is 2. The van der Waals surface area contributed by atoms with Crippen LogP contribution in [0.2, 0.25) is 5.02 Å². The lowest BCUT2D eigenvalue weighted by Crippen LogP contribution is -1.99. The predicted octanol–water partition coefficient (Wildman–Crippen LogP) is 5.26. The summed E-state index contributed by atoms with van der Waals surface area (Å²) in [5, 5.41) is 0.649. The molecule has 0 unspecified atom stereocenters. The van der Waals surface area contributed by atoms with Crippen LogP contribution >= 0.6 is 11.6 Å². The molecule has 7 nitrogen and oxygen atoms in total. The summed E-state index contributed by atoms with van der Waals surface area (Å²) in [5.74, 6) is 1.51. The van der Waals surface area contributed by atoms with Gasteiger partial charge in [0.05, 0.1) is 32.0 Å². The first-order valence-corrected chi connectivity index (χ1v) is 8.99. The maximum Gasteiger partial charge on any atom is 0.328 e. The Hall–Kier alpha value is -3.58. The largest absolute Gasteiger partial charge is 0.481 e. The fraction of sp³-hybridized carbons (Fsp3) is 0.0952. The van der Waals surface area contributed by atoms with Crippen LogP contribution in [0.15, 0.2) is 65.4 Å². The number of oxazole rings is 1. The first-order valence-electron chi connectivity index (χ1n) is 8.61. The van der Waals surface area contributed by atoms with Crippen molar-refractivity contribution in [2.45, 2.75) is 0 Å². The summed E-state index contributed by atoms with van der Waals surface area (Å²) in [6.45, 7) is 0. The molecule has 0 saturated heterocycles. The molecule has 2 heterocycles. The van der Waals surface area contributed by atoms with Crippen molar-refractivity contribution < 1.29 is 18.6 Å². The Balaban J connectivity index is 1.84. The number of ether oxygens (including phenoxy) is 3. The molecule has 0 N–H and O–H groups in total. The van der Waals surface area contributed by atoms with Crippen LogP contribution < -0.4 is 14.2 Å². The van der Waals surface area contributed by atoms with E-state index in [1.54, 1.807) is 18.3 Å². The van der Waals surface area contributed by atoms with Crippen molar-refractivity contribution in [2.75, 3.05) is 14.2 Å². The van der Waals surface area contributed by atoms with E-state index in [9.17, 15) is 0 Å². The zero-order valence-corrected chi connectivity index (χ0v) is 16.4. The van der Waals surface area contributed by atoms with Crippen LogP contribution in [0.3, 0.4) is 0 Å². The first-order chi connectivity index (χ1) is 14.2. The molecule has 29 heavy (non-hydrogen) atoms. The van der Waals surface area contributed by atoms with Gasteiger partial charge in [-0.1, -0.05) is 35.9 Å². The molecule has 8 heteroatoms. The molecule has 146 valence electrons. The number of aromatic nitrogens is 3. The van der Waals surface area contributed by atoms with Crippen molar-refractivity contribution in [1.29, 1.82) is 0 Å². The lowest BCUT2D eigenvalue weighted by Gasteiger charge is -2.13. The maximum absolute atomic E-state index is 6.04. The molecule has 2 aromatic heterocycles. The van der Waals surface area contributed by atoms with Gasteiger partial charge >= 0.3 is 6.01 Å². The smallest absolute Gasteiger partial charge is 0.328 e. The Bertz CT molecular complexity index is 1090. The SMILES string of the molecule is COc1cc(OC)nc(Oc2cccc(-c3ccc(Cl)cc3)c2-c2ncco2)n1. The van der Waals surface area contributed by atoms with E-state index in [2.05, 4.69) is 15.0 Å². The summed E-state index contributed by atoms with van der Waals surface area (Å²) in [5.41, 5.74) is 2.44. The van der Waals surface area contributed by atoms with Gasteiger partial charge in [0.25, 0.3) is 0 Å². The molecular weight excluding hydrogens is 394 g/mol. The summed E-state index contributed by atoms with van der Waals surface area (Å²) in [7, 11) is 3.01. The predicted molar refractivity (Wildman–Crippen MR) is 108 cm³/mol. The van der Waals surface area contributed by atoms with E-state index in [0.29, 0.717) is 34.0 Å². The van der Waals surface area contributed by atoms with Gasteiger partial charge in [-0.3, -0.25) is 0 Å². The van der Waals surface area contributed by atoms with E-state index in [1.807, 2.05) is 36.4 Å². The van der Waals surface area contributed by atoms with E-state index in [1.165, 1.54) is 20.5 Å². The second-order valence-electron chi connectivity index (χ2n) is 5.86. The maximum atomic E-state index is 6.04. The Morgan fingerprint density at radius 2 is 1.66 bits per heavy atom. The minimum Gasteiger partial charge on any atom is -0.481 e. The normalized spacial score (nSPS) is 10.6. The highest BCUT2D eigenvalue weighted by Gasteiger charge is 2.19. The zero-order valence-electron chi connectivity index (χ0n) is 15.6. The van der Waals surface area contributed by atoms with Gasteiger partial charge in [-0.25, -0.2) is 4.98 Å². The third kappa shape index (κ3) is 4.00. The first kappa shape index (κ1) is 18.8. The van der Waals surface area contributed by atoms with Crippen LogP contribution in [0.25, 0.3) is 22.6 Å². The number of nitrogens with zero attached hydrogens (tertiary/aromatic N) is 3. The highest BCUT2D eigenvalue weighted by molar-refractivity contribution is 6.30. The molecule has 0 aliphatic rings. The molecule has 0 amide bonds. The van der Waals surface area contributed by atoms with Gasteiger partial charge < -0.3 is 18.6 Å². The zero-order chi connectivity index (χ0) is 20.2. The highest BCUT2D eigenvalue weighted by atomic mass is 35.5. The van der Waals surface area contributed by atoms with E-state index in [4.69, 9.17) is 30.2 Å². The van der Waals surface area contributed by atoms with Gasteiger partial charge in [-0.15, -0.1) is 0 Å². The van der Waals surface area contributed by atoms with Crippen LogP contribution in [0, 0.1) is 0 Å². The number of hydrogen-bond acceptors (Lipinski definition) is 7. The summed E-state index contributed by atoms with van der Waals surface area (Å²) in [6.07, 6.45) is 3.08. The third-order valence-corrected chi connectivity index (χ3v) is 4.36. The van der Waals surface area contributed by atoms with E-state index in [-0.39, 0.29) is 6.01 Å². The molecule has 4 aromatic rings. The van der Waals surface area contributed by atoms with Crippen LogP contribution in [0.4, 0.5) is 0 Å². The summed E-state index contributed by atoms with van der Waals surface area (Å²) >= 11 is 6.04. The molecule has 4 rings (SSSR count). The van der Waals surface area contributed by atoms with Crippen molar-refractivity contribution >= 4 is 11.6 Å². The Kier molecular flexibility index (Phi) is 5.31. The summed E-state index contributed by atoms with van der Waals surface area (Å²) in [4.78, 5) is 12.8. The lowest BCUT2D eigenvalue weighted by atomic mass is 9.99. The molecule has 0 aliphatic heterocycles. The lowest BCUT2D eigenvalue weighted by molar-refractivity contribution is 0.348. The minimum absolute atomic E-state index is 0.0715. The third-order valence-electron chi connectivity index (χ3n) is 4.11. The number of methoxy groups -OCH3 is 2. The average Bonchev–Trinajstić information content (AvgIpc) is 3.28. The van der Waals surface area contributed by atoms with Gasteiger partial charge in [0.1, 0.15) is 12.0 Å². The van der Waals surface area contributed by atoms with Gasteiger partial charge in [0.15, 0.2) is 0 Å². The molecule has 0 aliphatic carbocycles. The molecule has 2 aromatic carbocycles. The van der Waals surface area contributed by atoms with Gasteiger partial charge in [0.2, 0.25) is 17.7 Å². The second kappa shape index (κ2) is 8.20. The standard InChI is InChI=1S/C21H16ClN3O4/c1-26-17-12-18(27-2)25-21(24-17)29-16-5-3-4-15(13-6-8-14(22)9-7-13)19(16)20-23-10-11-28-20/h3-12H,1-2H3. The molecule has 0 radical (unpaired) electrons. The van der Waals surface area contributed by atoms with Crippen LogP contribution in [0.1, 0.15) is 0 Å². The molecule has 0 fully saturated rings. The fourth-order valence-electron chi connectivity index (χ4n) is 2.79. The summed E-state index contributed by atoms with van der Waals surface area (Å²) in [6, 6.07) is 14.7. The Labute approximate surface area is 171 Å². The molecule has 0 atom stereocenters. The monoisotopic (exact) mass is 409 g/mol. The average molecular weight is 410 g/mol.